The SMILES string of the molecule is O=C(c1ccccc1)c1ccccc1NC(=O)C1CCCN(Cc2ccccc2Cl)C1. The summed E-state index contributed by atoms with van der Waals surface area (Å²) in [5.74, 6) is -0.270. The summed E-state index contributed by atoms with van der Waals surface area (Å²) < 4.78 is 0. The van der Waals surface area contributed by atoms with Gasteiger partial charge in [0.2, 0.25) is 5.91 Å². The van der Waals surface area contributed by atoms with Crippen LogP contribution in [0.4, 0.5) is 5.69 Å². The molecule has 0 aromatic heterocycles. The maximum absolute atomic E-state index is 13.1. The molecular formula is C26H25ClN2O2. The van der Waals surface area contributed by atoms with Crippen LogP contribution < -0.4 is 5.32 Å². The standard InChI is InChI=1S/C26H25ClN2O2/c27-23-14-6-4-11-20(23)17-29-16-8-12-21(18-29)26(31)28-24-15-7-5-13-22(24)25(30)19-9-2-1-3-10-19/h1-7,9-11,13-15,21H,8,12,16-18H2,(H,28,31). The van der Waals surface area contributed by atoms with Gasteiger partial charge in [-0.25, -0.2) is 0 Å². The highest BCUT2D eigenvalue weighted by Crippen LogP contribution is 2.25. The van der Waals surface area contributed by atoms with Crippen LogP contribution in [0.15, 0.2) is 78.9 Å². The van der Waals surface area contributed by atoms with E-state index in [0.717, 1.165) is 36.5 Å². The number of likely N-dealkylation sites (tertiary alicyclic amines) is 1. The van der Waals surface area contributed by atoms with Crippen LogP contribution in [0.1, 0.15) is 34.3 Å². The highest BCUT2D eigenvalue weighted by molar-refractivity contribution is 6.31. The molecular weight excluding hydrogens is 408 g/mol. The largest absolute Gasteiger partial charge is 0.325 e. The number of para-hydroxylation sites is 1. The van der Waals surface area contributed by atoms with Gasteiger partial charge in [-0.15, -0.1) is 0 Å². The molecule has 1 unspecified atom stereocenters. The van der Waals surface area contributed by atoms with Gasteiger partial charge in [0, 0.05) is 29.2 Å². The number of carbonyl (C=O) groups excluding carboxylic acids is 2. The average molecular weight is 433 g/mol. The van der Waals surface area contributed by atoms with Gasteiger partial charge in [0.1, 0.15) is 0 Å². The molecule has 4 rings (SSSR count). The molecule has 5 heteroatoms. The van der Waals surface area contributed by atoms with Gasteiger partial charge < -0.3 is 5.32 Å². The maximum Gasteiger partial charge on any atom is 0.228 e. The lowest BCUT2D eigenvalue weighted by molar-refractivity contribution is -0.121. The summed E-state index contributed by atoms with van der Waals surface area (Å²) in [4.78, 5) is 28.3. The first-order valence-corrected chi connectivity index (χ1v) is 10.9. The van der Waals surface area contributed by atoms with E-state index in [9.17, 15) is 9.59 Å². The van der Waals surface area contributed by atoms with E-state index in [1.165, 1.54) is 0 Å². The van der Waals surface area contributed by atoms with Gasteiger partial charge in [-0.1, -0.05) is 72.3 Å². The average Bonchev–Trinajstić information content (AvgIpc) is 2.81. The zero-order valence-corrected chi connectivity index (χ0v) is 18.0. The van der Waals surface area contributed by atoms with E-state index < -0.39 is 0 Å². The minimum absolute atomic E-state index is 0.0443. The molecule has 1 N–H and O–H groups in total. The van der Waals surface area contributed by atoms with Gasteiger partial charge >= 0.3 is 0 Å². The molecule has 4 nitrogen and oxygen atoms in total. The van der Waals surface area contributed by atoms with Gasteiger partial charge in [-0.2, -0.15) is 0 Å². The van der Waals surface area contributed by atoms with Crippen molar-refractivity contribution in [2.45, 2.75) is 19.4 Å². The number of benzene rings is 3. The van der Waals surface area contributed by atoms with Crippen molar-refractivity contribution in [1.29, 1.82) is 0 Å². The van der Waals surface area contributed by atoms with Crippen LogP contribution in [0.3, 0.4) is 0 Å². The predicted molar refractivity (Wildman–Crippen MR) is 124 cm³/mol. The van der Waals surface area contributed by atoms with Crippen LogP contribution >= 0.6 is 11.6 Å². The van der Waals surface area contributed by atoms with E-state index >= 15 is 0 Å². The van der Waals surface area contributed by atoms with Gasteiger partial charge in [0.15, 0.2) is 5.78 Å². The molecule has 3 aromatic carbocycles. The van der Waals surface area contributed by atoms with Crippen molar-refractivity contribution in [3.8, 4) is 0 Å². The molecule has 31 heavy (non-hydrogen) atoms. The van der Waals surface area contributed by atoms with Crippen molar-refractivity contribution < 1.29 is 9.59 Å². The van der Waals surface area contributed by atoms with Crippen molar-refractivity contribution in [3.63, 3.8) is 0 Å². The van der Waals surface area contributed by atoms with E-state index in [1.54, 1.807) is 24.3 Å². The van der Waals surface area contributed by atoms with Crippen LogP contribution in [-0.2, 0) is 11.3 Å². The molecule has 0 spiro atoms. The first-order valence-electron chi connectivity index (χ1n) is 10.6. The summed E-state index contributed by atoms with van der Waals surface area (Å²) in [5, 5.41) is 3.77. The molecule has 0 saturated carbocycles. The van der Waals surface area contributed by atoms with Gasteiger partial charge in [-0.3, -0.25) is 14.5 Å². The van der Waals surface area contributed by atoms with Crippen molar-refractivity contribution in [1.82, 2.24) is 4.90 Å². The predicted octanol–water partition coefficient (Wildman–Crippen LogP) is 5.42. The third kappa shape index (κ3) is 5.22. The Hall–Kier alpha value is -2.95. The van der Waals surface area contributed by atoms with E-state index in [1.807, 2.05) is 54.6 Å². The second-order valence-electron chi connectivity index (χ2n) is 7.90. The Morgan fingerprint density at radius 1 is 0.935 bits per heavy atom. The number of rotatable bonds is 6. The smallest absolute Gasteiger partial charge is 0.228 e. The van der Waals surface area contributed by atoms with Gasteiger partial charge in [0.25, 0.3) is 0 Å². The van der Waals surface area contributed by atoms with Crippen molar-refractivity contribution in [2.75, 3.05) is 18.4 Å². The molecule has 1 saturated heterocycles. The number of halogens is 1. The van der Waals surface area contributed by atoms with E-state index in [0.29, 0.717) is 23.4 Å². The number of carbonyl (C=O) groups is 2. The maximum atomic E-state index is 13.1. The Morgan fingerprint density at radius 2 is 1.65 bits per heavy atom. The molecule has 1 aliphatic rings. The minimum Gasteiger partial charge on any atom is -0.325 e. The number of anilines is 1. The van der Waals surface area contributed by atoms with E-state index in [-0.39, 0.29) is 17.6 Å². The highest BCUT2D eigenvalue weighted by Gasteiger charge is 2.27. The van der Waals surface area contributed by atoms with Crippen molar-refractivity contribution >= 4 is 29.0 Å². The Morgan fingerprint density at radius 3 is 2.45 bits per heavy atom. The number of hydrogen-bond donors (Lipinski definition) is 1. The Labute approximate surface area is 187 Å². The number of amides is 1. The minimum atomic E-state index is -0.129. The highest BCUT2D eigenvalue weighted by atomic mass is 35.5. The summed E-state index contributed by atoms with van der Waals surface area (Å²) in [6.07, 6.45) is 1.78. The molecule has 1 heterocycles. The molecule has 1 aliphatic heterocycles. The molecule has 1 amide bonds. The molecule has 158 valence electrons. The Balaban J connectivity index is 1.45. The first-order chi connectivity index (χ1) is 15.1. The summed E-state index contributed by atoms with van der Waals surface area (Å²) >= 11 is 6.31. The topological polar surface area (TPSA) is 49.4 Å². The normalized spacial score (nSPS) is 16.6. The second kappa shape index (κ2) is 9.90. The van der Waals surface area contributed by atoms with Crippen LogP contribution in [0, 0.1) is 5.92 Å². The quantitative estimate of drug-likeness (QED) is 0.529. The van der Waals surface area contributed by atoms with Crippen LogP contribution in [0.5, 0.6) is 0 Å². The zero-order valence-electron chi connectivity index (χ0n) is 17.3. The van der Waals surface area contributed by atoms with E-state index in [4.69, 9.17) is 11.6 Å². The van der Waals surface area contributed by atoms with Gasteiger partial charge in [-0.05, 0) is 43.1 Å². The fourth-order valence-corrected chi connectivity index (χ4v) is 4.25. The van der Waals surface area contributed by atoms with Crippen LogP contribution in [0.25, 0.3) is 0 Å². The zero-order chi connectivity index (χ0) is 21.6. The number of hydrogen-bond acceptors (Lipinski definition) is 3. The van der Waals surface area contributed by atoms with Crippen LogP contribution in [0.2, 0.25) is 5.02 Å². The second-order valence-corrected chi connectivity index (χ2v) is 8.30. The number of nitrogens with zero attached hydrogens (tertiary/aromatic N) is 1. The third-order valence-corrected chi connectivity index (χ3v) is 6.06. The fraction of sp³-hybridized carbons (Fsp3) is 0.231. The lowest BCUT2D eigenvalue weighted by Crippen LogP contribution is -2.40. The Bertz CT molecular complexity index is 1070. The number of ketones is 1. The molecule has 3 aromatic rings. The van der Waals surface area contributed by atoms with Crippen molar-refractivity contribution in [3.05, 3.63) is 101 Å². The van der Waals surface area contributed by atoms with Gasteiger partial charge in [0.05, 0.1) is 11.6 Å². The van der Waals surface area contributed by atoms with Crippen molar-refractivity contribution in [2.24, 2.45) is 5.92 Å². The first kappa shape index (κ1) is 21.3. The number of piperidine rings is 1. The summed E-state index contributed by atoms with van der Waals surface area (Å²) in [6.45, 7) is 2.34. The summed E-state index contributed by atoms with van der Waals surface area (Å²) in [6, 6.07) is 24.2. The van der Waals surface area contributed by atoms with Crippen LogP contribution in [-0.4, -0.2) is 29.7 Å². The monoisotopic (exact) mass is 432 g/mol. The summed E-state index contributed by atoms with van der Waals surface area (Å²) in [5.41, 5.74) is 2.74. The summed E-state index contributed by atoms with van der Waals surface area (Å²) in [7, 11) is 0. The van der Waals surface area contributed by atoms with E-state index in [2.05, 4.69) is 10.2 Å². The number of nitrogens with one attached hydrogen (secondary N) is 1. The molecule has 0 bridgehead atoms. The molecule has 1 fully saturated rings. The third-order valence-electron chi connectivity index (χ3n) is 5.69. The fourth-order valence-electron chi connectivity index (χ4n) is 4.05. The molecule has 1 atom stereocenters. The Kier molecular flexibility index (Phi) is 6.80. The molecule has 0 aliphatic carbocycles. The lowest BCUT2D eigenvalue weighted by atomic mass is 9.96. The lowest BCUT2D eigenvalue weighted by Gasteiger charge is -2.32. The molecule has 0 radical (unpaired) electrons.